The Balaban J connectivity index is 1.92. The molecule has 0 saturated carbocycles. The van der Waals surface area contributed by atoms with Crippen LogP contribution in [0.15, 0.2) is 83.5 Å². The minimum absolute atomic E-state index is 0.0557. The number of aryl methyl sites for hydroxylation is 1. The van der Waals surface area contributed by atoms with Gasteiger partial charge in [-0.3, -0.25) is 4.79 Å². The van der Waals surface area contributed by atoms with E-state index in [4.69, 9.17) is 4.74 Å². The Bertz CT molecular complexity index is 1240. The van der Waals surface area contributed by atoms with Crippen molar-refractivity contribution in [3.63, 3.8) is 0 Å². The van der Waals surface area contributed by atoms with E-state index >= 15 is 0 Å². The molecular formula is C27H28O4S. The van der Waals surface area contributed by atoms with Gasteiger partial charge in [0.15, 0.2) is 21.2 Å². The molecule has 166 valence electrons. The van der Waals surface area contributed by atoms with Crippen LogP contribution in [0.1, 0.15) is 49.3 Å². The zero-order valence-corrected chi connectivity index (χ0v) is 19.4. The number of rotatable bonds is 6. The van der Waals surface area contributed by atoms with Crippen molar-refractivity contribution in [2.24, 2.45) is 0 Å². The van der Waals surface area contributed by atoms with Gasteiger partial charge < -0.3 is 4.74 Å². The number of benzene rings is 2. The zero-order chi connectivity index (χ0) is 22.9. The first-order valence-corrected chi connectivity index (χ1v) is 12.8. The molecule has 0 saturated heterocycles. The van der Waals surface area contributed by atoms with Crippen molar-refractivity contribution in [2.75, 3.05) is 6.26 Å². The highest BCUT2D eigenvalue weighted by atomic mass is 32.2. The van der Waals surface area contributed by atoms with Gasteiger partial charge in [0.25, 0.3) is 0 Å². The summed E-state index contributed by atoms with van der Waals surface area (Å²) in [6.45, 7) is 5.90. The van der Waals surface area contributed by atoms with E-state index in [1.165, 1.54) is 11.8 Å². The Morgan fingerprint density at radius 1 is 1.16 bits per heavy atom. The number of allylic oxidation sites excluding steroid dienone is 4. The second-order valence-corrected chi connectivity index (χ2v) is 10.7. The van der Waals surface area contributed by atoms with Gasteiger partial charge in [-0.05, 0) is 55.5 Å². The van der Waals surface area contributed by atoms with Crippen LogP contribution in [-0.4, -0.2) is 20.5 Å². The molecule has 2 aromatic carbocycles. The Morgan fingerprint density at radius 2 is 1.91 bits per heavy atom. The molecule has 0 fully saturated rings. The maximum Gasteiger partial charge on any atom is 0.175 e. The van der Waals surface area contributed by atoms with Gasteiger partial charge in [0.1, 0.15) is 5.76 Å². The molecule has 2 aromatic rings. The molecule has 1 aliphatic heterocycles. The lowest BCUT2D eigenvalue weighted by atomic mass is 9.77. The van der Waals surface area contributed by atoms with Crippen molar-refractivity contribution < 1.29 is 17.9 Å². The van der Waals surface area contributed by atoms with Crippen LogP contribution >= 0.6 is 0 Å². The van der Waals surface area contributed by atoms with Crippen LogP contribution in [0.4, 0.5) is 0 Å². The summed E-state index contributed by atoms with van der Waals surface area (Å²) in [5, 5.41) is 0. The van der Waals surface area contributed by atoms with Gasteiger partial charge in [0, 0.05) is 24.7 Å². The van der Waals surface area contributed by atoms with Crippen LogP contribution in [0, 0.1) is 0 Å². The third-order valence-corrected chi connectivity index (χ3v) is 7.19. The van der Waals surface area contributed by atoms with Crippen molar-refractivity contribution >= 4 is 21.2 Å². The first-order chi connectivity index (χ1) is 15.2. The van der Waals surface area contributed by atoms with Crippen LogP contribution in [0.5, 0.6) is 0 Å². The van der Waals surface area contributed by atoms with Crippen molar-refractivity contribution in [1.82, 2.24) is 0 Å². The van der Waals surface area contributed by atoms with E-state index in [0.717, 1.165) is 29.5 Å². The Morgan fingerprint density at radius 3 is 2.59 bits per heavy atom. The smallest absolute Gasteiger partial charge is 0.175 e. The molecule has 4 nitrogen and oxygen atoms in total. The minimum atomic E-state index is -3.43. The van der Waals surface area contributed by atoms with Gasteiger partial charge in [-0.15, -0.1) is 0 Å². The van der Waals surface area contributed by atoms with Gasteiger partial charge in [-0.25, -0.2) is 8.42 Å². The largest absolute Gasteiger partial charge is 0.482 e. The number of fused-ring (bicyclic) bond motifs is 2. The maximum absolute atomic E-state index is 12.8. The molecule has 0 radical (unpaired) electrons. The molecule has 2 aliphatic rings. The molecular weight excluding hydrogens is 420 g/mol. The molecule has 1 atom stereocenters. The summed E-state index contributed by atoms with van der Waals surface area (Å²) in [6, 6.07) is 15.2. The predicted molar refractivity (Wildman–Crippen MR) is 127 cm³/mol. The summed E-state index contributed by atoms with van der Waals surface area (Å²) in [4.78, 5) is 13.1. The van der Waals surface area contributed by atoms with Crippen LogP contribution in [0.3, 0.4) is 0 Å². The molecule has 32 heavy (non-hydrogen) atoms. The molecule has 0 amide bonds. The number of Topliss-reactive ketones (excluding diaryl/α,β-unsaturated/α-hetero) is 1. The van der Waals surface area contributed by atoms with Crippen molar-refractivity contribution in [3.8, 4) is 0 Å². The Hall–Kier alpha value is -2.92. The monoisotopic (exact) mass is 448 g/mol. The average molecular weight is 449 g/mol. The SMILES string of the molecule is C=C(C)/C=C/C1(CCc2ccccc2)OC2=C(C(=O)CCC2)c2ccc(S(C)(=O)=O)cc21. The fourth-order valence-electron chi connectivity index (χ4n) is 4.46. The lowest BCUT2D eigenvalue weighted by Gasteiger charge is -2.41. The van der Waals surface area contributed by atoms with Crippen molar-refractivity contribution in [2.45, 2.75) is 49.5 Å². The summed E-state index contributed by atoms with van der Waals surface area (Å²) in [5.74, 6) is 0.764. The van der Waals surface area contributed by atoms with E-state index in [9.17, 15) is 13.2 Å². The average Bonchev–Trinajstić information content (AvgIpc) is 2.76. The number of carbonyl (C=O) groups excluding carboxylic acids is 1. The first-order valence-electron chi connectivity index (χ1n) is 10.9. The molecule has 0 spiro atoms. The summed E-state index contributed by atoms with van der Waals surface area (Å²) in [6.07, 6.45) is 8.37. The highest BCUT2D eigenvalue weighted by Gasteiger charge is 2.42. The van der Waals surface area contributed by atoms with Gasteiger partial charge in [-0.2, -0.15) is 0 Å². The quantitative estimate of drug-likeness (QED) is 0.544. The molecule has 1 heterocycles. The highest BCUT2D eigenvalue weighted by molar-refractivity contribution is 7.90. The van der Waals surface area contributed by atoms with Gasteiger partial charge >= 0.3 is 0 Å². The summed E-state index contributed by atoms with van der Waals surface area (Å²) in [5.41, 5.74) is 3.25. The Labute approximate surface area is 190 Å². The predicted octanol–water partition coefficient (Wildman–Crippen LogP) is 5.54. The topological polar surface area (TPSA) is 60.4 Å². The first kappa shape index (κ1) is 22.3. The highest BCUT2D eigenvalue weighted by Crippen LogP contribution is 2.48. The van der Waals surface area contributed by atoms with E-state index in [1.54, 1.807) is 18.2 Å². The van der Waals surface area contributed by atoms with Crippen LogP contribution in [0.2, 0.25) is 0 Å². The van der Waals surface area contributed by atoms with E-state index < -0.39 is 15.4 Å². The van der Waals surface area contributed by atoms with Crippen LogP contribution < -0.4 is 0 Å². The van der Waals surface area contributed by atoms with E-state index in [0.29, 0.717) is 30.6 Å². The van der Waals surface area contributed by atoms with Crippen molar-refractivity contribution in [3.05, 3.63) is 95.3 Å². The fourth-order valence-corrected chi connectivity index (χ4v) is 5.11. The lowest BCUT2D eigenvalue weighted by Crippen LogP contribution is -2.35. The summed E-state index contributed by atoms with van der Waals surface area (Å²) >= 11 is 0. The standard InChI is InChI=1S/C27H28O4S/c1-19(2)14-16-27(17-15-20-8-5-4-6-9-20)23-18-21(32(3,29)30)12-13-22(23)26-24(28)10-7-11-25(26)31-27/h4-6,8-9,12-14,16,18H,1,7,10-11,15,17H2,2-3H3/b16-14+. The number of hydrogen-bond acceptors (Lipinski definition) is 4. The number of sulfone groups is 1. The van der Waals surface area contributed by atoms with Crippen LogP contribution in [0.25, 0.3) is 5.57 Å². The molecule has 5 heteroatoms. The fraction of sp³-hybridized carbons (Fsp3) is 0.296. The van der Waals surface area contributed by atoms with Crippen LogP contribution in [-0.2, 0) is 31.4 Å². The third kappa shape index (κ3) is 4.35. The molecule has 0 aromatic heterocycles. The minimum Gasteiger partial charge on any atom is -0.482 e. The van der Waals surface area contributed by atoms with E-state index in [1.807, 2.05) is 37.3 Å². The van der Waals surface area contributed by atoms with E-state index in [-0.39, 0.29) is 10.7 Å². The number of ketones is 1. The number of carbonyl (C=O) groups is 1. The van der Waals surface area contributed by atoms with E-state index in [2.05, 4.69) is 18.7 Å². The molecule has 1 unspecified atom stereocenters. The summed E-state index contributed by atoms with van der Waals surface area (Å²) in [7, 11) is -3.43. The lowest BCUT2D eigenvalue weighted by molar-refractivity contribution is -0.114. The van der Waals surface area contributed by atoms with Crippen molar-refractivity contribution in [1.29, 1.82) is 0 Å². The molecule has 4 rings (SSSR count). The van der Waals surface area contributed by atoms with Gasteiger partial charge in [-0.1, -0.05) is 54.6 Å². The molecule has 0 N–H and O–H groups in total. The molecule has 0 bridgehead atoms. The number of ether oxygens (including phenoxy) is 1. The zero-order valence-electron chi connectivity index (χ0n) is 18.6. The van der Waals surface area contributed by atoms with Gasteiger partial charge in [0.2, 0.25) is 0 Å². The second-order valence-electron chi connectivity index (χ2n) is 8.71. The Kier molecular flexibility index (Phi) is 5.95. The van der Waals surface area contributed by atoms with Gasteiger partial charge in [0.05, 0.1) is 10.5 Å². The third-order valence-electron chi connectivity index (χ3n) is 6.08. The number of hydrogen-bond donors (Lipinski definition) is 0. The maximum atomic E-state index is 12.8. The summed E-state index contributed by atoms with van der Waals surface area (Å²) < 4.78 is 31.4. The second kappa shape index (κ2) is 8.55. The molecule has 1 aliphatic carbocycles. The normalized spacial score (nSPS) is 20.6.